The highest BCUT2D eigenvalue weighted by Gasteiger charge is 2.12. The second-order valence-corrected chi connectivity index (χ2v) is 5.93. The van der Waals surface area contributed by atoms with Crippen LogP contribution in [0, 0.1) is 0 Å². The molecule has 0 radical (unpaired) electrons. The zero-order valence-corrected chi connectivity index (χ0v) is 14.0. The topological polar surface area (TPSA) is 59.8 Å². The van der Waals surface area contributed by atoms with Crippen LogP contribution >= 0.6 is 11.6 Å². The number of para-hydroxylation sites is 1. The maximum absolute atomic E-state index is 12.3. The van der Waals surface area contributed by atoms with Crippen molar-refractivity contribution in [3.05, 3.63) is 65.4 Å². The molecule has 0 aliphatic heterocycles. The molecule has 1 aromatic heterocycles. The summed E-state index contributed by atoms with van der Waals surface area (Å²) < 4.78 is 1.82. The number of amides is 1. The van der Waals surface area contributed by atoms with Crippen LogP contribution in [0.5, 0.6) is 0 Å². The lowest BCUT2D eigenvalue weighted by molar-refractivity contribution is -0.116. The van der Waals surface area contributed by atoms with Gasteiger partial charge in [0.05, 0.1) is 5.69 Å². The van der Waals surface area contributed by atoms with Gasteiger partial charge >= 0.3 is 0 Å². The third kappa shape index (κ3) is 3.81. The third-order valence-electron chi connectivity index (χ3n) is 3.68. The number of rotatable bonds is 5. The van der Waals surface area contributed by atoms with Gasteiger partial charge in [0.25, 0.3) is 0 Å². The van der Waals surface area contributed by atoms with Gasteiger partial charge in [-0.15, -0.1) is 10.2 Å². The summed E-state index contributed by atoms with van der Waals surface area (Å²) in [6, 6.07) is 15.1. The van der Waals surface area contributed by atoms with Gasteiger partial charge in [0.1, 0.15) is 6.33 Å². The first-order chi connectivity index (χ1) is 11.6. The highest BCUT2D eigenvalue weighted by molar-refractivity contribution is 6.30. The molecule has 0 unspecified atom stereocenters. The van der Waals surface area contributed by atoms with Crippen molar-refractivity contribution in [3.8, 4) is 11.4 Å². The molecule has 0 spiro atoms. The molecule has 24 heavy (non-hydrogen) atoms. The van der Waals surface area contributed by atoms with Gasteiger partial charge in [0, 0.05) is 24.1 Å². The molecule has 6 heteroatoms. The zero-order chi connectivity index (χ0) is 16.9. The smallest absolute Gasteiger partial charge is 0.224 e. The van der Waals surface area contributed by atoms with Crippen molar-refractivity contribution in [3.63, 3.8) is 0 Å². The molecule has 0 saturated carbocycles. The maximum Gasteiger partial charge on any atom is 0.224 e. The third-order valence-corrected chi connectivity index (χ3v) is 3.92. The van der Waals surface area contributed by atoms with E-state index in [1.807, 2.05) is 60.1 Å². The van der Waals surface area contributed by atoms with E-state index in [4.69, 9.17) is 11.6 Å². The molecule has 0 saturated heterocycles. The fourth-order valence-corrected chi connectivity index (χ4v) is 2.69. The number of nitrogens with zero attached hydrogens (tertiary/aromatic N) is 3. The van der Waals surface area contributed by atoms with Gasteiger partial charge in [0.15, 0.2) is 5.82 Å². The molecule has 1 heterocycles. The Bertz CT molecular complexity index is 859. The van der Waals surface area contributed by atoms with Crippen LogP contribution in [0.25, 0.3) is 11.4 Å². The van der Waals surface area contributed by atoms with Gasteiger partial charge in [-0.25, -0.2) is 0 Å². The Balaban J connectivity index is 1.70. The molecule has 0 atom stereocenters. The van der Waals surface area contributed by atoms with Crippen molar-refractivity contribution < 1.29 is 4.79 Å². The number of carbonyl (C=O) groups excluding carboxylic acids is 1. The number of halogens is 1. The second kappa shape index (κ2) is 7.27. The van der Waals surface area contributed by atoms with E-state index < -0.39 is 0 Å². The summed E-state index contributed by atoms with van der Waals surface area (Å²) in [6.07, 6.45) is 2.65. The number of carbonyl (C=O) groups is 1. The molecule has 3 rings (SSSR count). The molecule has 0 fully saturated rings. The Hall–Kier alpha value is -2.66. The number of hydrogen-bond donors (Lipinski definition) is 1. The van der Waals surface area contributed by atoms with Gasteiger partial charge < -0.3 is 9.88 Å². The molecule has 5 nitrogen and oxygen atoms in total. The quantitative estimate of drug-likeness (QED) is 0.770. The fraction of sp³-hybridized carbons (Fsp3) is 0.167. The Morgan fingerprint density at radius 3 is 2.79 bits per heavy atom. The number of aryl methyl sites for hydroxylation is 2. The van der Waals surface area contributed by atoms with E-state index >= 15 is 0 Å². The zero-order valence-electron chi connectivity index (χ0n) is 13.2. The van der Waals surface area contributed by atoms with E-state index in [-0.39, 0.29) is 5.91 Å². The van der Waals surface area contributed by atoms with E-state index in [2.05, 4.69) is 15.5 Å². The summed E-state index contributed by atoms with van der Waals surface area (Å²) in [7, 11) is 1.87. The van der Waals surface area contributed by atoms with E-state index in [1.54, 1.807) is 6.33 Å². The largest absolute Gasteiger partial charge is 0.325 e. The van der Waals surface area contributed by atoms with E-state index in [0.717, 1.165) is 16.8 Å². The van der Waals surface area contributed by atoms with E-state index in [1.165, 1.54) is 0 Å². The van der Waals surface area contributed by atoms with Crippen LogP contribution in [0.3, 0.4) is 0 Å². The normalized spacial score (nSPS) is 10.6. The average Bonchev–Trinajstić information content (AvgIpc) is 2.99. The van der Waals surface area contributed by atoms with Crippen molar-refractivity contribution >= 4 is 23.2 Å². The van der Waals surface area contributed by atoms with Crippen LogP contribution in [0.15, 0.2) is 54.9 Å². The van der Waals surface area contributed by atoms with E-state index in [0.29, 0.717) is 23.7 Å². The van der Waals surface area contributed by atoms with Crippen molar-refractivity contribution in [2.75, 3.05) is 5.32 Å². The molecule has 2 aromatic carbocycles. The predicted octanol–water partition coefficient (Wildman–Crippen LogP) is 3.71. The number of benzene rings is 2. The SMILES string of the molecule is Cn1cnnc1-c1ccccc1NC(=O)CCc1cccc(Cl)c1. The highest BCUT2D eigenvalue weighted by Crippen LogP contribution is 2.25. The van der Waals surface area contributed by atoms with E-state index in [9.17, 15) is 4.79 Å². The average molecular weight is 341 g/mol. The molecular formula is C18H17ClN4O. The maximum atomic E-state index is 12.3. The van der Waals surface area contributed by atoms with Gasteiger partial charge in [-0.2, -0.15) is 0 Å². The van der Waals surface area contributed by atoms with Crippen molar-refractivity contribution in [2.24, 2.45) is 7.05 Å². The first-order valence-corrected chi connectivity index (χ1v) is 7.99. The fourth-order valence-electron chi connectivity index (χ4n) is 2.48. The first kappa shape index (κ1) is 16.2. The summed E-state index contributed by atoms with van der Waals surface area (Å²) in [5.74, 6) is 0.658. The van der Waals surface area contributed by atoms with Crippen LogP contribution in [-0.4, -0.2) is 20.7 Å². The summed E-state index contributed by atoms with van der Waals surface area (Å²) in [5.41, 5.74) is 2.61. The number of aromatic nitrogens is 3. The van der Waals surface area contributed by atoms with Gasteiger partial charge in [0.2, 0.25) is 5.91 Å². The Morgan fingerprint density at radius 2 is 2.04 bits per heavy atom. The Kier molecular flexibility index (Phi) is 4.91. The van der Waals surface area contributed by atoms with Crippen molar-refractivity contribution in [1.82, 2.24) is 14.8 Å². The lowest BCUT2D eigenvalue weighted by Gasteiger charge is -2.10. The summed E-state index contributed by atoms with van der Waals surface area (Å²) in [4.78, 5) is 12.3. The number of nitrogens with one attached hydrogen (secondary N) is 1. The minimum Gasteiger partial charge on any atom is -0.325 e. The molecule has 0 aliphatic carbocycles. The molecule has 1 amide bonds. The Labute approximate surface area is 145 Å². The minimum atomic E-state index is -0.0513. The second-order valence-electron chi connectivity index (χ2n) is 5.49. The van der Waals surface area contributed by atoms with Crippen LogP contribution in [0.1, 0.15) is 12.0 Å². The van der Waals surface area contributed by atoms with Crippen molar-refractivity contribution in [1.29, 1.82) is 0 Å². The van der Waals surface area contributed by atoms with Crippen molar-refractivity contribution in [2.45, 2.75) is 12.8 Å². The summed E-state index contributed by atoms with van der Waals surface area (Å²) in [6.45, 7) is 0. The highest BCUT2D eigenvalue weighted by atomic mass is 35.5. The van der Waals surface area contributed by atoms with Gasteiger partial charge in [-0.05, 0) is 36.2 Å². The molecule has 1 N–H and O–H groups in total. The number of anilines is 1. The Morgan fingerprint density at radius 1 is 1.21 bits per heavy atom. The monoisotopic (exact) mass is 340 g/mol. The minimum absolute atomic E-state index is 0.0513. The molecule has 3 aromatic rings. The lowest BCUT2D eigenvalue weighted by Crippen LogP contribution is -2.13. The van der Waals surface area contributed by atoms with Crippen LogP contribution in [0.4, 0.5) is 5.69 Å². The van der Waals surface area contributed by atoms with Crippen LogP contribution in [0.2, 0.25) is 5.02 Å². The first-order valence-electron chi connectivity index (χ1n) is 7.61. The molecule has 0 aliphatic rings. The van der Waals surface area contributed by atoms with Crippen LogP contribution < -0.4 is 5.32 Å². The summed E-state index contributed by atoms with van der Waals surface area (Å²) >= 11 is 5.97. The molecular weight excluding hydrogens is 324 g/mol. The standard InChI is InChI=1S/C18H17ClN4O/c1-23-12-20-22-18(23)15-7-2-3-8-16(15)21-17(24)10-9-13-5-4-6-14(19)11-13/h2-8,11-12H,9-10H2,1H3,(H,21,24). The summed E-state index contributed by atoms with van der Waals surface area (Å²) in [5, 5.41) is 11.6. The lowest BCUT2D eigenvalue weighted by atomic mass is 10.1. The molecule has 122 valence electrons. The van der Waals surface area contributed by atoms with Crippen LogP contribution in [-0.2, 0) is 18.3 Å². The number of hydrogen-bond acceptors (Lipinski definition) is 3. The predicted molar refractivity (Wildman–Crippen MR) is 94.8 cm³/mol. The van der Waals surface area contributed by atoms with Gasteiger partial charge in [-0.3, -0.25) is 4.79 Å². The van der Waals surface area contributed by atoms with Gasteiger partial charge in [-0.1, -0.05) is 35.9 Å². The molecule has 0 bridgehead atoms.